The van der Waals surface area contributed by atoms with Crippen molar-refractivity contribution in [1.82, 2.24) is 9.78 Å². The van der Waals surface area contributed by atoms with Gasteiger partial charge in [0, 0.05) is 23.7 Å². The number of hydrogen-bond donors (Lipinski definition) is 1. The van der Waals surface area contributed by atoms with E-state index in [0.29, 0.717) is 17.7 Å². The normalized spacial score (nSPS) is 11.0. The molecule has 0 unspecified atom stereocenters. The van der Waals surface area contributed by atoms with Crippen LogP contribution in [0.25, 0.3) is 10.9 Å². The van der Waals surface area contributed by atoms with Crippen LogP contribution in [0, 0.1) is 6.92 Å². The predicted molar refractivity (Wildman–Crippen MR) is 84.3 cm³/mol. The molecule has 106 valence electrons. The minimum absolute atomic E-state index is 0.0574. The highest BCUT2D eigenvalue weighted by molar-refractivity contribution is 5.99. The number of ketones is 1. The molecule has 2 N–H and O–H groups in total. The molecule has 0 fully saturated rings. The van der Waals surface area contributed by atoms with Crippen molar-refractivity contribution in [1.29, 1.82) is 0 Å². The summed E-state index contributed by atoms with van der Waals surface area (Å²) < 4.78 is 1.81. The summed E-state index contributed by atoms with van der Waals surface area (Å²) in [6.45, 7) is 1.91. The molecule has 0 saturated carbocycles. The lowest BCUT2D eigenvalue weighted by atomic mass is 10.0. The highest BCUT2D eigenvalue weighted by Gasteiger charge is 2.14. The van der Waals surface area contributed by atoms with Gasteiger partial charge in [-0.25, -0.2) is 0 Å². The van der Waals surface area contributed by atoms with Gasteiger partial charge in [-0.3, -0.25) is 9.48 Å². The molecular weight excluding hydrogens is 262 g/mol. The van der Waals surface area contributed by atoms with Gasteiger partial charge in [0.15, 0.2) is 5.78 Å². The number of hydrogen-bond acceptors (Lipinski definition) is 3. The van der Waals surface area contributed by atoms with Crippen LogP contribution in [0.15, 0.2) is 42.5 Å². The number of benzene rings is 2. The van der Waals surface area contributed by atoms with Crippen LogP contribution in [0.3, 0.4) is 0 Å². The monoisotopic (exact) mass is 279 g/mol. The highest BCUT2D eigenvalue weighted by Crippen LogP contribution is 2.20. The number of nitrogens with zero attached hydrogens (tertiary/aromatic N) is 2. The van der Waals surface area contributed by atoms with Gasteiger partial charge in [-0.15, -0.1) is 0 Å². The van der Waals surface area contributed by atoms with Crippen molar-refractivity contribution in [2.75, 3.05) is 5.73 Å². The van der Waals surface area contributed by atoms with Crippen molar-refractivity contribution < 1.29 is 4.79 Å². The number of carbonyl (C=O) groups is 1. The van der Waals surface area contributed by atoms with E-state index < -0.39 is 0 Å². The average molecular weight is 279 g/mol. The van der Waals surface area contributed by atoms with Crippen LogP contribution in [0.2, 0.25) is 0 Å². The Morgan fingerprint density at radius 1 is 1.24 bits per heavy atom. The number of nitrogens with two attached hydrogens (primary N) is 1. The highest BCUT2D eigenvalue weighted by atomic mass is 16.1. The summed E-state index contributed by atoms with van der Waals surface area (Å²) in [4.78, 5) is 12.4. The zero-order chi connectivity index (χ0) is 15.0. The Balaban J connectivity index is 1.94. The molecule has 1 aromatic heterocycles. The zero-order valence-electron chi connectivity index (χ0n) is 12.1. The second kappa shape index (κ2) is 5.05. The van der Waals surface area contributed by atoms with Crippen molar-refractivity contribution in [3.63, 3.8) is 0 Å². The fourth-order valence-electron chi connectivity index (χ4n) is 2.52. The molecule has 21 heavy (non-hydrogen) atoms. The number of nitrogen functional groups attached to an aromatic ring is 1. The lowest BCUT2D eigenvalue weighted by Gasteiger charge is -2.03. The SMILES string of the molecule is Cc1cc(C(=O)Cc2nn(C)c3ccccc23)ccc1N. The standard InChI is InChI=1S/C17H17N3O/c1-11-9-12(7-8-14(11)18)17(21)10-15-13-5-3-4-6-16(13)20(2)19-15/h3-9H,10,18H2,1-2H3. The summed E-state index contributed by atoms with van der Waals surface area (Å²) in [5.74, 6) is 0.0574. The third-order valence-corrected chi connectivity index (χ3v) is 3.75. The van der Waals surface area contributed by atoms with Gasteiger partial charge in [0.25, 0.3) is 0 Å². The Bertz CT molecular complexity index is 833. The Kier molecular flexibility index (Phi) is 3.22. The van der Waals surface area contributed by atoms with Gasteiger partial charge >= 0.3 is 0 Å². The van der Waals surface area contributed by atoms with Gasteiger partial charge in [0.1, 0.15) is 0 Å². The van der Waals surface area contributed by atoms with E-state index in [1.54, 1.807) is 12.1 Å². The van der Waals surface area contributed by atoms with Crippen molar-refractivity contribution in [3.8, 4) is 0 Å². The van der Waals surface area contributed by atoms with Gasteiger partial charge in [0.05, 0.1) is 17.6 Å². The molecule has 0 aliphatic carbocycles. The topological polar surface area (TPSA) is 60.9 Å². The van der Waals surface area contributed by atoms with Gasteiger partial charge < -0.3 is 5.73 Å². The van der Waals surface area contributed by atoms with Crippen LogP contribution in [-0.2, 0) is 13.5 Å². The quantitative estimate of drug-likeness (QED) is 0.592. The molecule has 0 radical (unpaired) electrons. The molecule has 0 saturated heterocycles. The van der Waals surface area contributed by atoms with Crippen molar-refractivity contribution >= 4 is 22.4 Å². The Morgan fingerprint density at radius 3 is 2.76 bits per heavy atom. The molecular formula is C17H17N3O. The second-order valence-corrected chi connectivity index (χ2v) is 5.26. The molecule has 0 aliphatic rings. The third kappa shape index (κ3) is 2.40. The second-order valence-electron chi connectivity index (χ2n) is 5.26. The number of rotatable bonds is 3. The predicted octanol–water partition coefficient (Wildman–Crippen LogP) is 2.89. The molecule has 0 bridgehead atoms. The smallest absolute Gasteiger partial charge is 0.168 e. The summed E-state index contributed by atoms with van der Waals surface area (Å²) >= 11 is 0. The van der Waals surface area contributed by atoms with E-state index in [0.717, 1.165) is 22.2 Å². The maximum Gasteiger partial charge on any atom is 0.168 e. The summed E-state index contributed by atoms with van der Waals surface area (Å²) in [5, 5.41) is 5.49. The largest absolute Gasteiger partial charge is 0.399 e. The van der Waals surface area contributed by atoms with Crippen LogP contribution in [0.5, 0.6) is 0 Å². The number of para-hydroxylation sites is 1. The van der Waals surface area contributed by atoms with Crippen LogP contribution in [0.1, 0.15) is 21.6 Å². The zero-order valence-corrected chi connectivity index (χ0v) is 12.1. The first-order valence-electron chi connectivity index (χ1n) is 6.86. The Labute approximate surface area is 123 Å². The molecule has 3 rings (SSSR count). The van der Waals surface area contributed by atoms with E-state index >= 15 is 0 Å². The summed E-state index contributed by atoms with van der Waals surface area (Å²) in [6, 6.07) is 13.3. The van der Waals surface area contributed by atoms with Crippen LogP contribution < -0.4 is 5.73 Å². The maximum absolute atomic E-state index is 12.4. The van der Waals surface area contributed by atoms with E-state index in [1.807, 2.05) is 49.0 Å². The molecule has 0 aliphatic heterocycles. The van der Waals surface area contributed by atoms with Crippen LogP contribution in [0.4, 0.5) is 5.69 Å². The Morgan fingerprint density at radius 2 is 2.00 bits per heavy atom. The average Bonchev–Trinajstić information content (AvgIpc) is 2.79. The van der Waals surface area contributed by atoms with E-state index in [2.05, 4.69) is 5.10 Å². The minimum atomic E-state index is 0.0574. The fraction of sp³-hybridized carbons (Fsp3) is 0.176. The minimum Gasteiger partial charge on any atom is -0.399 e. The Hall–Kier alpha value is -2.62. The number of anilines is 1. The van der Waals surface area contributed by atoms with Crippen LogP contribution >= 0.6 is 0 Å². The van der Waals surface area contributed by atoms with Crippen LogP contribution in [-0.4, -0.2) is 15.6 Å². The first-order valence-corrected chi connectivity index (χ1v) is 6.86. The number of aryl methyl sites for hydroxylation is 2. The maximum atomic E-state index is 12.4. The van der Waals surface area contributed by atoms with Gasteiger partial charge in [-0.05, 0) is 36.8 Å². The van der Waals surface area contributed by atoms with Gasteiger partial charge in [0.2, 0.25) is 0 Å². The van der Waals surface area contributed by atoms with Crippen molar-refractivity contribution in [2.45, 2.75) is 13.3 Å². The number of fused-ring (bicyclic) bond motifs is 1. The van der Waals surface area contributed by atoms with E-state index in [1.165, 1.54) is 0 Å². The summed E-state index contributed by atoms with van der Waals surface area (Å²) in [5.41, 5.74) is 9.94. The number of carbonyl (C=O) groups excluding carboxylic acids is 1. The van der Waals surface area contributed by atoms with Crippen molar-refractivity contribution in [3.05, 3.63) is 59.3 Å². The lowest BCUT2D eigenvalue weighted by molar-refractivity contribution is 0.0992. The third-order valence-electron chi connectivity index (χ3n) is 3.75. The first kappa shape index (κ1) is 13.4. The molecule has 0 atom stereocenters. The molecule has 0 spiro atoms. The molecule has 1 heterocycles. The summed E-state index contributed by atoms with van der Waals surface area (Å²) in [6.07, 6.45) is 0.296. The molecule has 2 aromatic carbocycles. The van der Waals surface area contributed by atoms with E-state index in [-0.39, 0.29) is 5.78 Å². The molecule has 0 amide bonds. The van der Waals surface area contributed by atoms with E-state index in [4.69, 9.17) is 5.73 Å². The van der Waals surface area contributed by atoms with Gasteiger partial charge in [-0.2, -0.15) is 5.10 Å². The number of aromatic nitrogens is 2. The van der Waals surface area contributed by atoms with Crippen molar-refractivity contribution in [2.24, 2.45) is 7.05 Å². The molecule has 3 aromatic rings. The fourth-order valence-corrected chi connectivity index (χ4v) is 2.52. The van der Waals surface area contributed by atoms with E-state index in [9.17, 15) is 4.79 Å². The molecule has 4 nitrogen and oxygen atoms in total. The molecule has 4 heteroatoms. The first-order chi connectivity index (χ1) is 10.1. The van der Waals surface area contributed by atoms with Gasteiger partial charge in [-0.1, -0.05) is 18.2 Å². The lowest BCUT2D eigenvalue weighted by Crippen LogP contribution is -2.06. The summed E-state index contributed by atoms with van der Waals surface area (Å²) in [7, 11) is 1.89. The number of Topliss-reactive ketones (excluding diaryl/α,β-unsaturated/α-hetero) is 1.